The summed E-state index contributed by atoms with van der Waals surface area (Å²) in [5.74, 6) is -1.41. The molecule has 1 rings (SSSR count). The van der Waals surface area contributed by atoms with Gasteiger partial charge in [0.25, 0.3) is 0 Å². The topological polar surface area (TPSA) is 104 Å². The molecule has 9 heteroatoms. The van der Waals surface area contributed by atoms with Crippen LogP contribution in [0.1, 0.15) is 18.2 Å². The standard InChI is InChI=1S/C14H20N2O5S2/c1-3-7-15-23(20,21)14-6-5-11(22-14)9-12(17)16(8-4-2)10-13(18)19/h3,5-6,15H,1,4,7-10H2,2H3,(H,18,19). The zero-order valence-electron chi connectivity index (χ0n) is 12.8. The summed E-state index contributed by atoms with van der Waals surface area (Å²) in [4.78, 5) is 24.8. The van der Waals surface area contributed by atoms with E-state index in [-0.39, 0.29) is 29.6 Å². The van der Waals surface area contributed by atoms with Gasteiger partial charge in [-0.05, 0) is 18.6 Å². The quantitative estimate of drug-likeness (QED) is 0.608. The van der Waals surface area contributed by atoms with Gasteiger partial charge < -0.3 is 10.0 Å². The molecule has 0 aromatic carbocycles. The summed E-state index contributed by atoms with van der Waals surface area (Å²) in [6.07, 6.45) is 2.06. The number of rotatable bonds is 10. The summed E-state index contributed by atoms with van der Waals surface area (Å²) < 4.78 is 26.4. The molecule has 1 aromatic rings. The molecule has 0 aliphatic carbocycles. The Kier molecular flexibility index (Phi) is 7.40. The van der Waals surface area contributed by atoms with Gasteiger partial charge in [-0.3, -0.25) is 9.59 Å². The Morgan fingerprint density at radius 2 is 2.13 bits per heavy atom. The maximum Gasteiger partial charge on any atom is 0.323 e. The van der Waals surface area contributed by atoms with Crippen molar-refractivity contribution in [1.82, 2.24) is 9.62 Å². The van der Waals surface area contributed by atoms with Crippen molar-refractivity contribution >= 4 is 33.2 Å². The molecule has 0 unspecified atom stereocenters. The van der Waals surface area contributed by atoms with Crippen LogP contribution in [-0.2, 0) is 26.0 Å². The number of carboxylic acids is 1. The van der Waals surface area contributed by atoms with Crippen LogP contribution < -0.4 is 4.72 Å². The summed E-state index contributed by atoms with van der Waals surface area (Å²) in [6.45, 7) is 5.41. The lowest BCUT2D eigenvalue weighted by molar-refractivity contribution is -0.144. The average Bonchev–Trinajstić information content (AvgIpc) is 2.93. The molecular formula is C14H20N2O5S2. The Balaban J connectivity index is 2.79. The third-order valence-electron chi connectivity index (χ3n) is 2.82. The number of carboxylic acid groups (broad SMARTS) is 1. The lowest BCUT2D eigenvalue weighted by Gasteiger charge is -2.19. The number of carbonyl (C=O) groups is 2. The number of thiophene rings is 1. The van der Waals surface area contributed by atoms with Crippen LogP contribution >= 0.6 is 11.3 Å². The molecule has 2 N–H and O–H groups in total. The van der Waals surface area contributed by atoms with E-state index in [9.17, 15) is 18.0 Å². The highest BCUT2D eigenvalue weighted by Gasteiger charge is 2.20. The van der Waals surface area contributed by atoms with E-state index in [4.69, 9.17) is 5.11 Å². The Morgan fingerprint density at radius 3 is 2.70 bits per heavy atom. The lowest BCUT2D eigenvalue weighted by atomic mass is 10.3. The van der Waals surface area contributed by atoms with Gasteiger partial charge in [-0.1, -0.05) is 13.0 Å². The van der Waals surface area contributed by atoms with Crippen molar-refractivity contribution in [2.24, 2.45) is 0 Å². The fraction of sp³-hybridized carbons (Fsp3) is 0.429. The molecule has 0 fully saturated rings. The summed E-state index contributed by atoms with van der Waals surface area (Å²) in [6, 6.07) is 3.00. The molecule has 7 nitrogen and oxygen atoms in total. The first-order valence-electron chi connectivity index (χ1n) is 6.99. The third kappa shape index (κ3) is 6.12. The van der Waals surface area contributed by atoms with Crippen LogP contribution in [0.3, 0.4) is 0 Å². The minimum Gasteiger partial charge on any atom is -0.480 e. The summed E-state index contributed by atoms with van der Waals surface area (Å²) in [5.41, 5.74) is 0. The molecule has 0 aliphatic rings. The Hall–Kier alpha value is -1.71. The number of sulfonamides is 1. The number of amides is 1. The van der Waals surface area contributed by atoms with E-state index < -0.39 is 16.0 Å². The van der Waals surface area contributed by atoms with E-state index in [1.807, 2.05) is 6.92 Å². The molecular weight excluding hydrogens is 340 g/mol. The third-order valence-corrected chi connectivity index (χ3v) is 5.82. The largest absolute Gasteiger partial charge is 0.480 e. The maximum absolute atomic E-state index is 12.2. The van der Waals surface area contributed by atoms with Crippen molar-refractivity contribution in [3.8, 4) is 0 Å². The van der Waals surface area contributed by atoms with E-state index in [1.165, 1.54) is 17.0 Å². The second-order valence-corrected chi connectivity index (χ2v) is 7.91. The van der Waals surface area contributed by atoms with Crippen molar-refractivity contribution in [3.05, 3.63) is 29.7 Å². The minimum absolute atomic E-state index is 0.0189. The van der Waals surface area contributed by atoms with Gasteiger partial charge in [0.1, 0.15) is 10.8 Å². The molecule has 0 bridgehead atoms. The van der Waals surface area contributed by atoms with Crippen molar-refractivity contribution in [3.63, 3.8) is 0 Å². The van der Waals surface area contributed by atoms with Crippen LogP contribution in [0.15, 0.2) is 29.0 Å². The smallest absolute Gasteiger partial charge is 0.323 e. The van der Waals surface area contributed by atoms with E-state index >= 15 is 0 Å². The zero-order valence-corrected chi connectivity index (χ0v) is 14.5. The number of hydrogen-bond acceptors (Lipinski definition) is 5. The number of hydrogen-bond donors (Lipinski definition) is 2. The average molecular weight is 360 g/mol. The first kappa shape index (κ1) is 19.3. The van der Waals surface area contributed by atoms with Crippen LogP contribution in [0.4, 0.5) is 0 Å². The van der Waals surface area contributed by atoms with Crippen molar-refractivity contribution in [2.45, 2.75) is 24.0 Å². The van der Waals surface area contributed by atoms with Crippen LogP contribution in [0.5, 0.6) is 0 Å². The second-order valence-electron chi connectivity index (χ2n) is 4.75. The molecule has 128 valence electrons. The SMILES string of the molecule is C=CCNS(=O)(=O)c1ccc(CC(=O)N(CCC)CC(=O)O)s1. The molecule has 1 amide bonds. The zero-order chi connectivity index (χ0) is 17.5. The molecule has 0 radical (unpaired) electrons. The molecule has 0 atom stereocenters. The van der Waals surface area contributed by atoms with Crippen LogP contribution in [-0.4, -0.2) is 49.9 Å². The summed E-state index contributed by atoms with van der Waals surface area (Å²) >= 11 is 0.993. The fourth-order valence-corrected chi connectivity index (χ4v) is 4.21. The van der Waals surface area contributed by atoms with E-state index in [1.54, 1.807) is 6.07 Å². The minimum atomic E-state index is -3.61. The molecule has 1 heterocycles. The fourth-order valence-electron chi connectivity index (χ4n) is 1.82. The predicted molar refractivity (Wildman–Crippen MR) is 87.9 cm³/mol. The van der Waals surface area contributed by atoms with E-state index in [2.05, 4.69) is 11.3 Å². The van der Waals surface area contributed by atoms with E-state index in [0.29, 0.717) is 17.8 Å². The lowest BCUT2D eigenvalue weighted by Crippen LogP contribution is -2.37. The van der Waals surface area contributed by atoms with Gasteiger partial charge in [0.2, 0.25) is 15.9 Å². The molecule has 0 aliphatic heterocycles. The van der Waals surface area contributed by atoms with Gasteiger partial charge in [-0.15, -0.1) is 17.9 Å². The first-order chi connectivity index (χ1) is 10.8. The van der Waals surface area contributed by atoms with Crippen molar-refractivity contribution < 1.29 is 23.1 Å². The highest BCUT2D eigenvalue weighted by molar-refractivity contribution is 7.91. The van der Waals surface area contributed by atoms with Crippen LogP contribution in [0, 0.1) is 0 Å². The predicted octanol–water partition coefficient (Wildman–Crippen LogP) is 1.08. The van der Waals surface area contributed by atoms with Crippen LogP contribution in [0.2, 0.25) is 0 Å². The summed E-state index contributed by atoms with van der Waals surface area (Å²) in [7, 11) is -3.61. The monoisotopic (exact) mass is 360 g/mol. The van der Waals surface area contributed by atoms with E-state index in [0.717, 1.165) is 11.3 Å². The van der Waals surface area contributed by atoms with Gasteiger partial charge in [-0.25, -0.2) is 13.1 Å². The Morgan fingerprint density at radius 1 is 1.43 bits per heavy atom. The maximum atomic E-state index is 12.2. The Bertz CT molecular complexity index is 666. The van der Waals surface area contributed by atoms with Crippen LogP contribution in [0.25, 0.3) is 0 Å². The normalized spacial score (nSPS) is 11.2. The number of nitrogens with one attached hydrogen (secondary N) is 1. The highest BCUT2D eigenvalue weighted by atomic mass is 32.2. The van der Waals surface area contributed by atoms with Crippen molar-refractivity contribution in [2.75, 3.05) is 19.6 Å². The highest BCUT2D eigenvalue weighted by Crippen LogP contribution is 2.22. The van der Waals surface area contributed by atoms with Gasteiger partial charge in [0.15, 0.2) is 0 Å². The summed E-state index contributed by atoms with van der Waals surface area (Å²) in [5, 5.41) is 8.83. The molecule has 0 saturated heterocycles. The Labute approximate surface area is 139 Å². The molecule has 0 spiro atoms. The second kappa shape index (κ2) is 8.80. The van der Waals surface area contributed by atoms with Gasteiger partial charge in [0, 0.05) is 18.0 Å². The van der Waals surface area contributed by atoms with Gasteiger partial charge in [-0.2, -0.15) is 0 Å². The number of aliphatic carboxylic acids is 1. The molecule has 0 saturated carbocycles. The number of nitrogens with zero attached hydrogens (tertiary/aromatic N) is 1. The first-order valence-corrected chi connectivity index (χ1v) is 9.29. The number of carbonyl (C=O) groups excluding carboxylic acids is 1. The van der Waals surface area contributed by atoms with Gasteiger partial charge in [0.05, 0.1) is 6.42 Å². The van der Waals surface area contributed by atoms with Gasteiger partial charge >= 0.3 is 5.97 Å². The molecule has 23 heavy (non-hydrogen) atoms. The van der Waals surface area contributed by atoms with Crippen molar-refractivity contribution in [1.29, 1.82) is 0 Å². The molecule has 1 aromatic heterocycles.